The first-order valence-electron chi connectivity index (χ1n) is 6.28. The van der Waals surface area contributed by atoms with E-state index < -0.39 is 0 Å². The number of benzene rings is 1. The summed E-state index contributed by atoms with van der Waals surface area (Å²) in [6.45, 7) is 2.36. The van der Waals surface area contributed by atoms with Crippen molar-refractivity contribution in [1.29, 1.82) is 0 Å². The van der Waals surface area contributed by atoms with Gasteiger partial charge in [-0.25, -0.2) is 4.99 Å². The number of aliphatic imine (C=N–C) groups is 2. The van der Waals surface area contributed by atoms with Crippen molar-refractivity contribution in [3.63, 3.8) is 0 Å². The average Bonchev–Trinajstić information content (AvgIpc) is 2.92. The molecule has 0 aromatic heterocycles. The lowest BCUT2D eigenvalue weighted by atomic mass is 10.2. The number of hydrogen-bond donors (Lipinski definition) is 2. The zero-order valence-corrected chi connectivity index (χ0v) is 13.9. The minimum Gasteiger partial charge on any atom is -0.369 e. The molecule has 1 aromatic rings. The van der Waals surface area contributed by atoms with Gasteiger partial charge in [0.2, 0.25) is 5.96 Å². The molecule has 0 radical (unpaired) electrons. The van der Waals surface area contributed by atoms with Crippen LogP contribution in [0, 0.1) is 0 Å². The van der Waals surface area contributed by atoms with Gasteiger partial charge in [0.15, 0.2) is 5.96 Å². The molecule has 1 heterocycles. The van der Waals surface area contributed by atoms with Gasteiger partial charge in [-0.1, -0.05) is 23.7 Å². The molecule has 2 rings (SSSR count). The Kier molecular flexibility index (Phi) is 9.17. The number of likely N-dealkylation sites (tertiary alicyclic amines) is 1. The van der Waals surface area contributed by atoms with E-state index in [2.05, 4.69) is 9.98 Å². The van der Waals surface area contributed by atoms with Crippen molar-refractivity contribution >= 4 is 48.3 Å². The number of nitrogens with zero attached hydrogens (tertiary/aromatic N) is 3. The van der Waals surface area contributed by atoms with E-state index in [0.29, 0.717) is 17.5 Å². The molecule has 0 amide bonds. The van der Waals surface area contributed by atoms with Gasteiger partial charge in [-0.3, -0.25) is 0 Å². The number of rotatable bonds is 2. The fourth-order valence-electron chi connectivity index (χ4n) is 1.93. The van der Waals surface area contributed by atoms with Gasteiger partial charge in [-0.05, 0) is 30.5 Å². The van der Waals surface area contributed by atoms with Crippen LogP contribution in [0.1, 0.15) is 18.4 Å². The molecule has 118 valence electrons. The molecule has 1 saturated heterocycles. The summed E-state index contributed by atoms with van der Waals surface area (Å²) >= 11 is 5.81. The molecule has 0 bridgehead atoms. The fourth-order valence-corrected chi connectivity index (χ4v) is 2.06. The van der Waals surface area contributed by atoms with Crippen molar-refractivity contribution in [2.45, 2.75) is 19.4 Å². The smallest absolute Gasteiger partial charge is 0.218 e. The van der Waals surface area contributed by atoms with Gasteiger partial charge in [0, 0.05) is 18.1 Å². The van der Waals surface area contributed by atoms with Crippen LogP contribution < -0.4 is 11.5 Å². The van der Waals surface area contributed by atoms with Crippen LogP contribution in [-0.4, -0.2) is 29.9 Å². The standard InChI is InChI=1S/C13H18ClN5.2ClH/c14-11-5-3-10(4-6-11)9-17-12(15)18-13(16)19-7-1-2-8-19;;/h3-6H,1-2,7-9H2,(H4,15,16,17,18);2*1H. The summed E-state index contributed by atoms with van der Waals surface area (Å²) in [5, 5.41) is 0.706. The molecule has 0 saturated carbocycles. The summed E-state index contributed by atoms with van der Waals surface area (Å²) in [5.74, 6) is 0.661. The Morgan fingerprint density at radius 1 is 1.10 bits per heavy atom. The zero-order valence-electron chi connectivity index (χ0n) is 11.5. The van der Waals surface area contributed by atoms with Gasteiger partial charge in [0.05, 0.1) is 6.54 Å². The van der Waals surface area contributed by atoms with Crippen molar-refractivity contribution in [1.82, 2.24) is 4.90 Å². The monoisotopic (exact) mass is 351 g/mol. The molecule has 0 aliphatic carbocycles. The van der Waals surface area contributed by atoms with E-state index in [1.807, 2.05) is 29.2 Å². The number of nitrogens with two attached hydrogens (primary N) is 2. The molecule has 4 N–H and O–H groups in total. The normalized spacial score (nSPS) is 15.4. The third-order valence-corrected chi connectivity index (χ3v) is 3.25. The molecule has 1 aliphatic rings. The highest BCUT2D eigenvalue weighted by molar-refractivity contribution is 6.30. The summed E-state index contributed by atoms with van der Waals surface area (Å²) in [6, 6.07) is 7.47. The fraction of sp³-hybridized carbons (Fsp3) is 0.385. The molecule has 21 heavy (non-hydrogen) atoms. The number of halogens is 3. The lowest BCUT2D eigenvalue weighted by Gasteiger charge is -2.15. The van der Waals surface area contributed by atoms with Crippen LogP contribution in [0.25, 0.3) is 0 Å². The highest BCUT2D eigenvalue weighted by Gasteiger charge is 2.13. The molecular formula is C13H20Cl3N5. The Balaban J connectivity index is 0.00000200. The second-order valence-electron chi connectivity index (χ2n) is 4.47. The van der Waals surface area contributed by atoms with E-state index in [1.165, 1.54) is 0 Å². The minimum atomic E-state index is 0. The lowest BCUT2D eigenvalue weighted by Crippen LogP contribution is -2.36. The van der Waals surface area contributed by atoms with Crippen molar-refractivity contribution < 1.29 is 0 Å². The van der Waals surface area contributed by atoms with Crippen molar-refractivity contribution in [3.8, 4) is 0 Å². The Bertz CT molecular complexity index is 481. The minimum absolute atomic E-state index is 0. The predicted molar refractivity (Wildman–Crippen MR) is 93.7 cm³/mol. The van der Waals surface area contributed by atoms with Crippen LogP contribution in [0.5, 0.6) is 0 Å². The molecule has 8 heteroatoms. The summed E-state index contributed by atoms with van der Waals surface area (Å²) in [6.07, 6.45) is 2.30. The van der Waals surface area contributed by atoms with E-state index in [-0.39, 0.29) is 30.8 Å². The largest absolute Gasteiger partial charge is 0.369 e. The first kappa shape index (κ1) is 19.8. The van der Waals surface area contributed by atoms with Gasteiger partial charge in [0.1, 0.15) is 0 Å². The van der Waals surface area contributed by atoms with Crippen molar-refractivity contribution in [2.75, 3.05) is 13.1 Å². The maximum Gasteiger partial charge on any atom is 0.218 e. The second kappa shape index (κ2) is 9.71. The quantitative estimate of drug-likeness (QED) is 0.633. The Morgan fingerprint density at radius 2 is 1.67 bits per heavy atom. The maximum absolute atomic E-state index is 5.87. The van der Waals surface area contributed by atoms with Crippen LogP contribution in [0.15, 0.2) is 34.3 Å². The summed E-state index contributed by atoms with van der Waals surface area (Å²) in [4.78, 5) is 10.3. The van der Waals surface area contributed by atoms with Crippen molar-refractivity contribution in [3.05, 3.63) is 34.9 Å². The molecule has 1 fully saturated rings. The Morgan fingerprint density at radius 3 is 2.24 bits per heavy atom. The van der Waals surface area contributed by atoms with E-state index in [9.17, 15) is 0 Å². The summed E-state index contributed by atoms with van der Waals surface area (Å²) in [7, 11) is 0. The third kappa shape index (κ3) is 6.42. The zero-order chi connectivity index (χ0) is 13.7. The van der Waals surface area contributed by atoms with Gasteiger partial charge >= 0.3 is 0 Å². The SMILES string of the molecule is Cl.Cl.NC(=NCc1ccc(Cl)cc1)/N=C(/N)N1CCCC1. The molecule has 0 unspecified atom stereocenters. The first-order valence-corrected chi connectivity index (χ1v) is 6.66. The van der Waals surface area contributed by atoms with Crippen molar-refractivity contribution in [2.24, 2.45) is 21.5 Å². The second-order valence-corrected chi connectivity index (χ2v) is 4.90. The molecule has 1 aliphatic heterocycles. The maximum atomic E-state index is 5.87. The molecule has 1 aromatic carbocycles. The van der Waals surface area contributed by atoms with E-state index in [0.717, 1.165) is 31.5 Å². The lowest BCUT2D eigenvalue weighted by molar-refractivity contribution is 0.514. The first-order chi connectivity index (χ1) is 9.15. The van der Waals surface area contributed by atoms with Gasteiger partial charge < -0.3 is 16.4 Å². The van der Waals surface area contributed by atoms with Crippen LogP contribution in [-0.2, 0) is 6.54 Å². The highest BCUT2D eigenvalue weighted by Crippen LogP contribution is 2.10. The summed E-state index contributed by atoms with van der Waals surface area (Å²) in [5.41, 5.74) is 12.6. The van der Waals surface area contributed by atoms with Crippen LogP contribution in [0.3, 0.4) is 0 Å². The number of guanidine groups is 2. The van der Waals surface area contributed by atoms with Crippen LogP contribution in [0.2, 0.25) is 5.02 Å². The predicted octanol–water partition coefficient (Wildman–Crippen LogP) is 2.41. The average molecular weight is 353 g/mol. The Labute approximate surface area is 142 Å². The van der Waals surface area contributed by atoms with Crippen LogP contribution >= 0.6 is 36.4 Å². The van der Waals surface area contributed by atoms with E-state index in [4.69, 9.17) is 23.1 Å². The topological polar surface area (TPSA) is 80.0 Å². The Hall–Kier alpha value is -1.17. The van der Waals surface area contributed by atoms with Gasteiger partial charge in [0.25, 0.3) is 0 Å². The van der Waals surface area contributed by atoms with E-state index >= 15 is 0 Å². The third-order valence-electron chi connectivity index (χ3n) is 3.00. The van der Waals surface area contributed by atoms with Gasteiger partial charge in [-0.15, -0.1) is 24.8 Å². The highest BCUT2D eigenvalue weighted by atomic mass is 35.5. The molecule has 0 spiro atoms. The number of hydrogen-bond acceptors (Lipinski definition) is 1. The summed E-state index contributed by atoms with van der Waals surface area (Å²) < 4.78 is 0. The molecule has 0 atom stereocenters. The van der Waals surface area contributed by atoms with Gasteiger partial charge in [-0.2, -0.15) is 4.99 Å². The van der Waals surface area contributed by atoms with E-state index in [1.54, 1.807) is 0 Å². The molecular weight excluding hydrogens is 333 g/mol. The molecule has 5 nitrogen and oxygen atoms in total. The van der Waals surface area contributed by atoms with Crippen LogP contribution in [0.4, 0.5) is 0 Å².